The molecule has 2 heterocycles. The summed E-state index contributed by atoms with van der Waals surface area (Å²) in [5.74, 6) is 0.686. The minimum Gasteiger partial charge on any atom is -0.357 e. The third-order valence-electron chi connectivity index (χ3n) is 5.09. The van der Waals surface area contributed by atoms with E-state index in [4.69, 9.17) is 0 Å². The maximum Gasteiger partial charge on any atom is 0.256 e. The average molecular weight is 370 g/mol. The van der Waals surface area contributed by atoms with Gasteiger partial charge >= 0.3 is 0 Å². The number of pyridine rings is 1. The first kappa shape index (κ1) is 19.3. The number of nitrogens with one attached hydrogen (secondary N) is 1. The van der Waals surface area contributed by atoms with E-state index in [9.17, 15) is 9.18 Å². The molecule has 1 saturated heterocycles. The average Bonchev–Trinajstić information content (AvgIpc) is 2.69. The summed E-state index contributed by atoms with van der Waals surface area (Å²) in [5.41, 5.74) is 0.403. The summed E-state index contributed by atoms with van der Waals surface area (Å²) in [4.78, 5) is 21.6. The highest BCUT2D eigenvalue weighted by Crippen LogP contribution is 2.22. The number of anilines is 2. The highest BCUT2D eigenvalue weighted by atomic mass is 19.1. The number of carbonyl (C=O) groups excluding carboxylic acids is 1. The maximum absolute atomic E-state index is 13.0. The SMILES string of the molecule is CCCN1CCC(N(C)c2cccc(NC(=O)c3ccc(F)cc3)n2)CC1. The summed E-state index contributed by atoms with van der Waals surface area (Å²) >= 11 is 0. The topological polar surface area (TPSA) is 48.5 Å². The summed E-state index contributed by atoms with van der Waals surface area (Å²) < 4.78 is 13.0. The minimum absolute atomic E-state index is 0.296. The van der Waals surface area contributed by atoms with E-state index in [0.717, 1.165) is 31.7 Å². The Bertz CT molecular complexity index is 757. The van der Waals surface area contributed by atoms with Crippen LogP contribution < -0.4 is 10.2 Å². The lowest BCUT2D eigenvalue weighted by atomic mass is 10.0. The number of nitrogens with zero attached hydrogens (tertiary/aromatic N) is 3. The van der Waals surface area contributed by atoms with Crippen LogP contribution in [0.25, 0.3) is 0 Å². The van der Waals surface area contributed by atoms with Gasteiger partial charge in [0.15, 0.2) is 0 Å². The largest absolute Gasteiger partial charge is 0.357 e. The second-order valence-electron chi connectivity index (χ2n) is 7.03. The molecular formula is C21H27FN4O. The van der Waals surface area contributed by atoms with Crippen LogP contribution in [0.5, 0.6) is 0 Å². The summed E-state index contributed by atoms with van der Waals surface area (Å²) in [6, 6.07) is 11.6. The third-order valence-corrected chi connectivity index (χ3v) is 5.09. The van der Waals surface area contributed by atoms with Crippen LogP contribution in [0.2, 0.25) is 0 Å². The molecule has 1 amide bonds. The molecule has 0 atom stereocenters. The molecule has 0 saturated carbocycles. The van der Waals surface area contributed by atoms with Gasteiger partial charge in [0.1, 0.15) is 17.5 Å². The van der Waals surface area contributed by atoms with Gasteiger partial charge in [0.25, 0.3) is 5.91 Å². The standard InChI is InChI=1S/C21H27FN4O/c1-3-13-26-14-11-18(12-15-26)25(2)20-6-4-5-19(23-20)24-21(27)16-7-9-17(22)10-8-16/h4-10,18H,3,11-15H2,1-2H3,(H,23,24,27). The number of piperidine rings is 1. The van der Waals surface area contributed by atoms with Crippen molar-refractivity contribution in [2.75, 3.05) is 36.9 Å². The van der Waals surface area contributed by atoms with Crippen molar-refractivity contribution < 1.29 is 9.18 Å². The maximum atomic E-state index is 13.0. The summed E-state index contributed by atoms with van der Waals surface area (Å²) in [7, 11) is 2.06. The summed E-state index contributed by atoms with van der Waals surface area (Å²) in [6.45, 7) is 5.61. The fourth-order valence-electron chi connectivity index (χ4n) is 3.51. The summed E-state index contributed by atoms with van der Waals surface area (Å²) in [6.07, 6.45) is 3.42. The number of hydrogen-bond donors (Lipinski definition) is 1. The van der Waals surface area contributed by atoms with Crippen molar-refractivity contribution in [1.82, 2.24) is 9.88 Å². The van der Waals surface area contributed by atoms with E-state index in [1.807, 2.05) is 12.1 Å². The van der Waals surface area contributed by atoms with Gasteiger partial charge in [0.2, 0.25) is 0 Å². The number of rotatable bonds is 6. The van der Waals surface area contributed by atoms with Crippen LogP contribution in [0.4, 0.5) is 16.0 Å². The van der Waals surface area contributed by atoms with E-state index in [-0.39, 0.29) is 11.7 Å². The van der Waals surface area contributed by atoms with Crippen molar-refractivity contribution in [3.8, 4) is 0 Å². The second-order valence-corrected chi connectivity index (χ2v) is 7.03. The summed E-state index contributed by atoms with van der Waals surface area (Å²) in [5, 5.41) is 2.79. The Morgan fingerprint density at radius 3 is 2.59 bits per heavy atom. The van der Waals surface area contributed by atoms with E-state index in [2.05, 4.69) is 34.1 Å². The first-order chi connectivity index (χ1) is 13.1. The predicted molar refractivity (Wildman–Crippen MR) is 107 cm³/mol. The highest BCUT2D eigenvalue weighted by molar-refractivity contribution is 6.03. The Hall–Kier alpha value is -2.47. The van der Waals surface area contributed by atoms with Crippen molar-refractivity contribution in [1.29, 1.82) is 0 Å². The predicted octanol–water partition coefficient (Wildman–Crippen LogP) is 3.78. The minimum atomic E-state index is -0.363. The van der Waals surface area contributed by atoms with Crippen molar-refractivity contribution in [2.24, 2.45) is 0 Å². The first-order valence-corrected chi connectivity index (χ1v) is 9.56. The van der Waals surface area contributed by atoms with Gasteiger partial charge in [0, 0.05) is 31.7 Å². The van der Waals surface area contributed by atoms with E-state index < -0.39 is 0 Å². The molecule has 5 nitrogen and oxygen atoms in total. The van der Waals surface area contributed by atoms with Gasteiger partial charge in [-0.25, -0.2) is 9.37 Å². The number of halogens is 1. The Labute approximate surface area is 160 Å². The fourth-order valence-corrected chi connectivity index (χ4v) is 3.51. The molecule has 0 radical (unpaired) electrons. The van der Waals surface area contributed by atoms with Gasteiger partial charge in [-0.1, -0.05) is 13.0 Å². The number of benzene rings is 1. The molecule has 1 aliphatic rings. The third kappa shape index (κ3) is 5.04. The zero-order chi connectivity index (χ0) is 19.2. The lowest BCUT2D eigenvalue weighted by Crippen LogP contribution is -2.43. The molecule has 3 rings (SSSR count). The smallest absolute Gasteiger partial charge is 0.256 e. The van der Waals surface area contributed by atoms with Gasteiger partial charge in [-0.05, 0) is 62.2 Å². The number of hydrogen-bond acceptors (Lipinski definition) is 4. The van der Waals surface area contributed by atoms with Crippen LogP contribution >= 0.6 is 0 Å². The fraction of sp³-hybridized carbons (Fsp3) is 0.429. The van der Waals surface area contributed by atoms with E-state index in [1.165, 1.54) is 37.2 Å². The number of aromatic nitrogens is 1. The normalized spacial score (nSPS) is 15.5. The quantitative estimate of drug-likeness (QED) is 0.841. The molecule has 1 aromatic heterocycles. The zero-order valence-corrected chi connectivity index (χ0v) is 16.0. The highest BCUT2D eigenvalue weighted by Gasteiger charge is 2.23. The monoisotopic (exact) mass is 370 g/mol. The molecule has 1 fully saturated rings. The molecule has 0 aliphatic carbocycles. The molecule has 144 valence electrons. The Kier molecular flexibility index (Phi) is 6.40. The second kappa shape index (κ2) is 8.95. The number of carbonyl (C=O) groups is 1. The van der Waals surface area contributed by atoms with Crippen molar-refractivity contribution in [3.63, 3.8) is 0 Å². The van der Waals surface area contributed by atoms with Crippen LogP contribution in [0, 0.1) is 5.82 Å². The van der Waals surface area contributed by atoms with E-state index in [0.29, 0.717) is 17.4 Å². The molecule has 0 bridgehead atoms. The van der Waals surface area contributed by atoms with Gasteiger partial charge in [-0.15, -0.1) is 0 Å². The Morgan fingerprint density at radius 1 is 1.22 bits per heavy atom. The van der Waals surface area contributed by atoms with Gasteiger partial charge < -0.3 is 15.1 Å². The van der Waals surface area contributed by atoms with Crippen LogP contribution in [-0.4, -0.2) is 48.5 Å². The lowest BCUT2D eigenvalue weighted by molar-refractivity contribution is 0.102. The molecule has 1 aromatic carbocycles. The molecule has 1 N–H and O–H groups in total. The molecule has 0 unspecified atom stereocenters. The molecular weight excluding hydrogens is 343 g/mol. The van der Waals surface area contributed by atoms with E-state index in [1.54, 1.807) is 6.07 Å². The molecule has 27 heavy (non-hydrogen) atoms. The van der Waals surface area contributed by atoms with Crippen LogP contribution in [-0.2, 0) is 0 Å². The number of likely N-dealkylation sites (tertiary alicyclic amines) is 1. The molecule has 6 heteroatoms. The van der Waals surface area contributed by atoms with E-state index >= 15 is 0 Å². The lowest BCUT2D eigenvalue weighted by Gasteiger charge is -2.37. The zero-order valence-electron chi connectivity index (χ0n) is 16.0. The first-order valence-electron chi connectivity index (χ1n) is 9.56. The van der Waals surface area contributed by atoms with Crippen LogP contribution in [0.15, 0.2) is 42.5 Å². The van der Waals surface area contributed by atoms with Crippen molar-refractivity contribution >= 4 is 17.5 Å². The Morgan fingerprint density at radius 2 is 1.93 bits per heavy atom. The van der Waals surface area contributed by atoms with Crippen LogP contribution in [0.1, 0.15) is 36.5 Å². The molecule has 1 aliphatic heterocycles. The molecule has 0 spiro atoms. The van der Waals surface area contributed by atoms with Gasteiger partial charge in [-0.2, -0.15) is 0 Å². The van der Waals surface area contributed by atoms with Crippen LogP contribution in [0.3, 0.4) is 0 Å². The Balaban J connectivity index is 1.63. The van der Waals surface area contributed by atoms with Crippen molar-refractivity contribution in [2.45, 2.75) is 32.2 Å². The van der Waals surface area contributed by atoms with Crippen molar-refractivity contribution in [3.05, 3.63) is 53.8 Å². The van der Waals surface area contributed by atoms with Gasteiger partial charge in [-0.3, -0.25) is 4.79 Å². The number of amides is 1. The molecule has 2 aromatic rings. The van der Waals surface area contributed by atoms with Gasteiger partial charge in [0.05, 0.1) is 0 Å².